The molecule has 0 heterocycles. The summed E-state index contributed by atoms with van der Waals surface area (Å²) < 4.78 is 5.15. The zero-order valence-electron chi connectivity index (χ0n) is 12.4. The van der Waals surface area contributed by atoms with Gasteiger partial charge in [0.25, 0.3) is 0 Å². The van der Waals surface area contributed by atoms with E-state index in [0.717, 1.165) is 16.7 Å². The predicted octanol–water partition coefficient (Wildman–Crippen LogP) is 0.758. The molecule has 5 heteroatoms. The molecule has 21 heavy (non-hydrogen) atoms. The number of carbonyl (C=O) groups is 2. The zero-order valence-corrected chi connectivity index (χ0v) is 12.4. The smallest absolute Gasteiger partial charge is 0.332 e. The van der Waals surface area contributed by atoms with E-state index in [0.29, 0.717) is 19.3 Å². The monoisotopic (exact) mass is 291 g/mol. The third kappa shape index (κ3) is 3.24. The fourth-order valence-corrected chi connectivity index (χ4v) is 2.90. The maximum atomic E-state index is 12.3. The SMILES string of the molecule is CCOC(=O)C1(NC(C)=O)Cc2ccc(CCO)cc2C1. The lowest BCUT2D eigenvalue weighted by Gasteiger charge is -2.27. The van der Waals surface area contributed by atoms with Crippen molar-refractivity contribution in [2.24, 2.45) is 0 Å². The van der Waals surface area contributed by atoms with Gasteiger partial charge in [0.05, 0.1) is 6.61 Å². The van der Waals surface area contributed by atoms with Gasteiger partial charge in [0, 0.05) is 26.4 Å². The lowest BCUT2D eigenvalue weighted by atomic mass is 9.95. The van der Waals surface area contributed by atoms with Crippen LogP contribution >= 0.6 is 0 Å². The van der Waals surface area contributed by atoms with E-state index in [4.69, 9.17) is 9.84 Å². The highest BCUT2D eigenvalue weighted by molar-refractivity contribution is 5.89. The standard InChI is InChI=1S/C16H21NO4/c1-3-21-15(20)16(17-11(2)19)9-13-5-4-12(6-7-18)8-14(13)10-16/h4-5,8,18H,3,6-7,9-10H2,1-2H3,(H,17,19). The number of carbonyl (C=O) groups excluding carboxylic acids is 2. The Hall–Kier alpha value is -1.88. The van der Waals surface area contributed by atoms with Crippen molar-refractivity contribution < 1.29 is 19.4 Å². The third-order valence-corrected chi connectivity index (χ3v) is 3.74. The molecule has 1 aliphatic carbocycles. The van der Waals surface area contributed by atoms with Crippen LogP contribution in [0.5, 0.6) is 0 Å². The number of rotatable bonds is 5. The Morgan fingerprint density at radius 2 is 2.05 bits per heavy atom. The Bertz CT molecular complexity index is 555. The van der Waals surface area contributed by atoms with Gasteiger partial charge in [-0.1, -0.05) is 18.2 Å². The van der Waals surface area contributed by atoms with Crippen LogP contribution in [0.2, 0.25) is 0 Å². The van der Waals surface area contributed by atoms with Crippen LogP contribution in [0.4, 0.5) is 0 Å². The van der Waals surface area contributed by atoms with E-state index in [1.165, 1.54) is 6.92 Å². The maximum Gasteiger partial charge on any atom is 0.332 e. The number of nitrogens with one attached hydrogen (secondary N) is 1. The molecule has 1 amide bonds. The summed E-state index contributed by atoms with van der Waals surface area (Å²) in [5.41, 5.74) is 2.10. The van der Waals surface area contributed by atoms with E-state index in [-0.39, 0.29) is 25.1 Å². The quantitative estimate of drug-likeness (QED) is 0.785. The molecular formula is C16H21NO4. The summed E-state index contributed by atoms with van der Waals surface area (Å²) in [6.45, 7) is 3.53. The van der Waals surface area contributed by atoms with Gasteiger partial charge >= 0.3 is 5.97 Å². The molecule has 0 saturated carbocycles. The molecule has 1 atom stereocenters. The number of amides is 1. The van der Waals surface area contributed by atoms with Gasteiger partial charge in [0.2, 0.25) is 5.91 Å². The van der Waals surface area contributed by atoms with Gasteiger partial charge in [-0.15, -0.1) is 0 Å². The first-order valence-corrected chi connectivity index (χ1v) is 7.18. The van der Waals surface area contributed by atoms with E-state index in [2.05, 4.69) is 5.32 Å². The van der Waals surface area contributed by atoms with Crippen LogP contribution in [0.15, 0.2) is 18.2 Å². The average molecular weight is 291 g/mol. The summed E-state index contributed by atoms with van der Waals surface area (Å²) in [6.07, 6.45) is 1.46. The summed E-state index contributed by atoms with van der Waals surface area (Å²) >= 11 is 0. The summed E-state index contributed by atoms with van der Waals surface area (Å²) in [5, 5.41) is 11.8. The van der Waals surface area contributed by atoms with Crippen molar-refractivity contribution in [2.45, 2.75) is 38.6 Å². The van der Waals surface area contributed by atoms with Crippen molar-refractivity contribution in [3.05, 3.63) is 34.9 Å². The minimum atomic E-state index is -0.998. The molecule has 1 aromatic rings. The van der Waals surface area contributed by atoms with Crippen molar-refractivity contribution in [1.29, 1.82) is 0 Å². The molecular weight excluding hydrogens is 270 g/mol. The van der Waals surface area contributed by atoms with Gasteiger partial charge in [0.1, 0.15) is 5.54 Å². The van der Waals surface area contributed by atoms with Crippen molar-refractivity contribution in [1.82, 2.24) is 5.32 Å². The molecule has 0 spiro atoms. The first kappa shape index (κ1) is 15.5. The number of esters is 1. The van der Waals surface area contributed by atoms with Gasteiger partial charge in [0.15, 0.2) is 0 Å². The molecule has 0 aromatic heterocycles. The highest BCUT2D eigenvalue weighted by atomic mass is 16.5. The van der Waals surface area contributed by atoms with E-state index >= 15 is 0 Å². The summed E-state index contributed by atoms with van der Waals surface area (Å²) in [7, 11) is 0. The number of hydrogen-bond acceptors (Lipinski definition) is 4. The summed E-state index contributed by atoms with van der Waals surface area (Å²) in [4.78, 5) is 23.8. The first-order chi connectivity index (χ1) is 10.0. The highest BCUT2D eigenvalue weighted by Gasteiger charge is 2.45. The van der Waals surface area contributed by atoms with Crippen molar-refractivity contribution >= 4 is 11.9 Å². The Labute approximate surface area is 124 Å². The number of ether oxygens (including phenoxy) is 1. The second-order valence-electron chi connectivity index (χ2n) is 5.41. The molecule has 0 bridgehead atoms. The van der Waals surface area contributed by atoms with Crippen LogP contribution in [-0.4, -0.2) is 35.7 Å². The Morgan fingerprint density at radius 3 is 2.67 bits per heavy atom. The summed E-state index contributed by atoms with van der Waals surface area (Å²) in [5.74, 6) is -0.633. The van der Waals surface area contributed by atoms with Gasteiger partial charge in [-0.25, -0.2) is 4.79 Å². The Morgan fingerprint density at radius 1 is 1.33 bits per heavy atom. The van der Waals surface area contributed by atoms with Crippen LogP contribution in [0.25, 0.3) is 0 Å². The number of hydrogen-bond donors (Lipinski definition) is 2. The maximum absolute atomic E-state index is 12.3. The number of aliphatic hydroxyl groups is 1. The molecule has 5 nitrogen and oxygen atoms in total. The fraction of sp³-hybridized carbons (Fsp3) is 0.500. The third-order valence-electron chi connectivity index (χ3n) is 3.74. The van der Waals surface area contributed by atoms with Crippen LogP contribution in [-0.2, 0) is 33.6 Å². The number of benzene rings is 1. The van der Waals surface area contributed by atoms with Crippen LogP contribution < -0.4 is 5.32 Å². The van der Waals surface area contributed by atoms with Crippen LogP contribution in [0.3, 0.4) is 0 Å². The van der Waals surface area contributed by atoms with Crippen molar-refractivity contribution in [2.75, 3.05) is 13.2 Å². The van der Waals surface area contributed by atoms with E-state index in [1.807, 2.05) is 18.2 Å². The fourth-order valence-electron chi connectivity index (χ4n) is 2.90. The van der Waals surface area contributed by atoms with Crippen LogP contribution in [0, 0.1) is 0 Å². The Balaban J connectivity index is 2.29. The molecule has 0 fully saturated rings. The predicted molar refractivity (Wildman–Crippen MR) is 77.8 cm³/mol. The Kier molecular flexibility index (Phi) is 4.63. The second-order valence-corrected chi connectivity index (χ2v) is 5.41. The number of aliphatic hydroxyl groups excluding tert-OH is 1. The van der Waals surface area contributed by atoms with Crippen LogP contribution in [0.1, 0.15) is 30.5 Å². The molecule has 114 valence electrons. The van der Waals surface area contributed by atoms with Gasteiger partial charge < -0.3 is 15.2 Å². The topological polar surface area (TPSA) is 75.6 Å². The van der Waals surface area contributed by atoms with Crippen molar-refractivity contribution in [3.63, 3.8) is 0 Å². The van der Waals surface area contributed by atoms with E-state index in [9.17, 15) is 9.59 Å². The van der Waals surface area contributed by atoms with Crippen molar-refractivity contribution in [3.8, 4) is 0 Å². The molecule has 0 radical (unpaired) electrons. The van der Waals surface area contributed by atoms with E-state index in [1.54, 1.807) is 6.92 Å². The van der Waals surface area contributed by atoms with Gasteiger partial charge in [-0.2, -0.15) is 0 Å². The molecule has 0 aliphatic heterocycles. The second kappa shape index (κ2) is 6.26. The van der Waals surface area contributed by atoms with Gasteiger partial charge in [-0.3, -0.25) is 4.79 Å². The molecule has 1 aromatic carbocycles. The lowest BCUT2D eigenvalue weighted by Crippen LogP contribution is -2.55. The van der Waals surface area contributed by atoms with E-state index < -0.39 is 5.54 Å². The number of fused-ring (bicyclic) bond motifs is 1. The van der Waals surface area contributed by atoms with Gasteiger partial charge in [-0.05, 0) is 30.0 Å². The molecule has 1 unspecified atom stereocenters. The molecule has 1 aliphatic rings. The first-order valence-electron chi connectivity index (χ1n) is 7.18. The normalized spacial score (nSPS) is 20.0. The molecule has 2 rings (SSSR count). The average Bonchev–Trinajstić information content (AvgIpc) is 2.77. The largest absolute Gasteiger partial charge is 0.464 e. The molecule has 2 N–H and O–H groups in total. The molecule has 0 saturated heterocycles. The minimum Gasteiger partial charge on any atom is -0.464 e. The zero-order chi connectivity index (χ0) is 15.5. The lowest BCUT2D eigenvalue weighted by molar-refractivity contribution is -0.152. The highest BCUT2D eigenvalue weighted by Crippen LogP contribution is 2.32. The summed E-state index contributed by atoms with van der Waals surface area (Å²) in [6, 6.07) is 5.90. The minimum absolute atomic E-state index is 0.0908.